The normalized spacial score (nSPS) is 12.4. The molecule has 0 saturated carbocycles. The van der Waals surface area contributed by atoms with Gasteiger partial charge in [0.25, 0.3) is 0 Å². The van der Waals surface area contributed by atoms with E-state index in [1.807, 2.05) is 17.5 Å². The zero-order chi connectivity index (χ0) is 15.2. The summed E-state index contributed by atoms with van der Waals surface area (Å²) in [4.78, 5) is 1.26. The quantitative estimate of drug-likeness (QED) is 0.731. The molecule has 2 nitrogen and oxygen atoms in total. The lowest BCUT2D eigenvalue weighted by atomic mass is 10.0. The number of methoxy groups -OCH3 is 1. The second kappa shape index (κ2) is 8.04. The molecule has 0 amide bonds. The molecule has 0 spiro atoms. The highest BCUT2D eigenvalue weighted by Crippen LogP contribution is 2.31. The van der Waals surface area contributed by atoms with Gasteiger partial charge in [-0.05, 0) is 43.1 Å². The van der Waals surface area contributed by atoms with Gasteiger partial charge in [-0.25, -0.2) is 0 Å². The van der Waals surface area contributed by atoms with Crippen LogP contribution in [0.3, 0.4) is 0 Å². The van der Waals surface area contributed by atoms with Crippen LogP contribution in [-0.4, -0.2) is 13.7 Å². The van der Waals surface area contributed by atoms with Crippen molar-refractivity contribution in [3.05, 3.63) is 50.1 Å². The number of hydrogen-bond donors (Lipinski definition) is 1. The Bertz CT molecular complexity index is 585. The molecule has 1 unspecified atom stereocenters. The highest BCUT2D eigenvalue weighted by molar-refractivity contribution is 7.10. The molecule has 1 aromatic carbocycles. The summed E-state index contributed by atoms with van der Waals surface area (Å²) in [5, 5.41) is 6.99. The Morgan fingerprint density at radius 1 is 1.29 bits per heavy atom. The Balaban J connectivity index is 2.19. The van der Waals surface area contributed by atoms with Crippen molar-refractivity contribution in [2.75, 3.05) is 13.7 Å². The van der Waals surface area contributed by atoms with Crippen molar-refractivity contribution in [1.29, 1.82) is 0 Å². The third-order valence-electron chi connectivity index (χ3n) is 3.25. The van der Waals surface area contributed by atoms with Gasteiger partial charge < -0.3 is 10.1 Å². The average molecular weight is 344 g/mol. The summed E-state index contributed by atoms with van der Waals surface area (Å²) in [6, 6.07) is 7.99. The Labute approximate surface area is 140 Å². The second-order valence-corrected chi connectivity index (χ2v) is 6.62. The molecular weight excluding hydrogens is 325 g/mol. The molecule has 0 fully saturated rings. The van der Waals surface area contributed by atoms with Crippen LogP contribution in [-0.2, 0) is 6.42 Å². The molecule has 0 radical (unpaired) electrons. The number of halogens is 2. The summed E-state index contributed by atoms with van der Waals surface area (Å²) in [6.07, 6.45) is 1.92. The van der Waals surface area contributed by atoms with Crippen LogP contribution in [0.5, 0.6) is 5.75 Å². The largest absolute Gasteiger partial charge is 0.496 e. The van der Waals surface area contributed by atoms with Crippen LogP contribution in [0, 0.1) is 0 Å². The lowest BCUT2D eigenvalue weighted by molar-refractivity contribution is 0.415. The van der Waals surface area contributed by atoms with Crippen molar-refractivity contribution in [3.63, 3.8) is 0 Å². The minimum Gasteiger partial charge on any atom is -0.496 e. The molecule has 1 aromatic heterocycles. The lowest BCUT2D eigenvalue weighted by Gasteiger charge is -2.18. The zero-order valence-electron chi connectivity index (χ0n) is 12.2. The van der Waals surface area contributed by atoms with Gasteiger partial charge in [-0.3, -0.25) is 0 Å². The van der Waals surface area contributed by atoms with E-state index in [0.717, 1.165) is 30.7 Å². The number of hydrogen-bond acceptors (Lipinski definition) is 3. The summed E-state index contributed by atoms with van der Waals surface area (Å²) < 4.78 is 5.28. The van der Waals surface area contributed by atoms with E-state index >= 15 is 0 Å². The molecule has 2 aromatic rings. The topological polar surface area (TPSA) is 21.3 Å². The molecule has 1 heterocycles. The van der Waals surface area contributed by atoms with Gasteiger partial charge >= 0.3 is 0 Å². The van der Waals surface area contributed by atoms with Crippen LogP contribution in [0.15, 0.2) is 29.6 Å². The van der Waals surface area contributed by atoms with Gasteiger partial charge in [0.05, 0.1) is 7.11 Å². The molecule has 0 aliphatic rings. The summed E-state index contributed by atoms with van der Waals surface area (Å²) >= 11 is 14.0. The monoisotopic (exact) mass is 343 g/mol. The van der Waals surface area contributed by atoms with Gasteiger partial charge in [0, 0.05) is 26.3 Å². The first-order valence-corrected chi connectivity index (χ1v) is 8.57. The van der Waals surface area contributed by atoms with Crippen molar-refractivity contribution in [2.24, 2.45) is 0 Å². The summed E-state index contributed by atoms with van der Waals surface area (Å²) in [7, 11) is 1.69. The molecule has 1 atom stereocenters. The van der Waals surface area contributed by atoms with Gasteiger partial charge in [0.15, 0.2) is 0 Å². The van der Waals surface area contributed by atoms with Crippen LogP contribution in [0.4, 0.5) is 0 Å². The molecule has 2 rings (SSSR count). The maximum Gasteiger partial charge on any atom is 0.129 e. The summed E-state index contributed by atoms with van der Waals surface area (Å²) in [5.74, 6) is 0.903. The van der Waals surface area contributed by atoms with Gasteiger partial charge in [0.2, 0.25) is 0 Å². The lowest BCUT2D eigenvalue weighted by Crippen LogP contribution is -2.23. The first-order valence-electron chi connectivity index (χ1n) is 6.93. The predicted molar refractivity (Wildman–Crippen MR) is 92.1 cm³/mol. The Kier molecular flexibility index (Phi) is 6.37. The Morgan fingerprint density at radius 2 is 2.10 bits per heavy atom. The minimum atomic E-state index is 0.234. The molecule has 0 bridgehead atoms. The smallest absolute Gasteiger partial charge is 0.129 e. The van der Waals surface area contributed by atoms with Crippen molar-refractivity contribution in [3.8, 4) is 5.75 Å². The molecular formula is C16H19Cl2NOS. The van der Waals surface area contributed by atoms with E-state index in [-0.39, 0.29) is 6.04 Å². The molecule has 114 valence electrons. The zero-order valence-corrected chi connectivity index (χ0v) is 14.5. The van der Waals surface area contributed by atoms with Gasteiger partial charge in [-0.15, -0.1) is 11.3 Å². The van der Waals surface area contributed by atoms with Crippen LogP contribution >= 0.6 is 34.5 Å². The number of thiophene rings is 1. The molecule has 21 heavy (non-hydrogen) atoms. The predicted octanol–water partition coefficient (Wildman–Crippen LogP) is 5.35. The fourth-order valence-electron chi connectivity index (χ4n) is 2.12. The third kappa shape index (κ3) is 4.62. The highest BCUT2D eigenvalue weighted by Gasteiger charge is 2.16. The number of nitrogens with one attached hydrogen (secondary N) is 1. The number of benzene rings is 1. The number of rotatable bonds is 7. The minimum absolute atomic E-state index is 0.234. The van der Waals surface area contributed by atoms with Crippen LogP contribution in [0.25, 0.3) is 0 Å². The van der Waals surface area contributed by atoms with E-state index in [4.69, 9.17) is 27.9 Å². The van der Waals surface area contributed by atoms with E-state index in [9.17, 15) is 0 Å². The van der Waals surface area contributed by atoms with Gasteiger partial charge in [-0.1, -0.05) is 36.2 Å². The molecule has 0 saturated heterocycles. The van der Waals surface area contributed by atoms with Crippen LogP contribution in [0.1, 0.15) is 29.8 Å². The van der Waals surface area contributed by atoms with E-state index in [2.05, 4.69) is 18.3 Å². The SMILES string of the molecule is CCCNC(Cc1ccc(Cl)cc1Cl)c1cc(OC)cs1. The van der Waals surface area contributed by atoms with Crippen LogP contribution in [0.2, 0.25) is 10.0 Å². The fraction of sp³-hybridized carbons (Fsp3) is 0.375. The van der Waals surface area contributed by atoms with E-state index in [1.165, 1.54) is 4.88 Å². The van der Waals surface area contributed by atoms with Gasteiger partial charge in [0.1, 0.15) is 5.75 Å². The van der Waals surface area contributed by atoms with E-state index in [0.29, 0.717) is 10.0 Å². The second-order valence-electron chi connectivity index (χ2n) is 4.84. The van der Waals surface area contributed by atoms with Crippen molar-refractivity contribution >= 4 is 34.5 Å². The standard InChI is InChI=1S/C16H19Cl2NOS/c1-3-6-19-15(16-9-13(20-2)10-21-16)7-11-4-5-12(17)8-14(11)18/h4-5,8-10,15,19H,3,6-7H2,1-2H3. The Morgan fingerprint density at radius 3 is 2.71 bits per heavy atom. The molecule has 0 aliphatic heterocycles. The first-order chi connectivity index (χ1) is 10.1. The molecule has 0 aliphatic carbocycles. The third-order valence-corrected chi connectivity index (χ3v) is 4.87. The van der Waals surface area contributed by atoms with E-state index in [1.54, 1.807) is 24.5 Å². The number of ether oxygens (including phenoxy) is 1. The van der Waals surface area contributed by atoms with E-state index < -0.39 is 0 Å². The van der Waals surface area contributed by atoms with Crippen molar-refractivity contribution < 1.29 is 4.74 Å². The van der Waals surface area contributed by atoms with Gasteiger partial charge in [-0.2, -0.15) is 0 Å². The fourth-order valence-corrected chi connectivity index (χ4v) is 3.54. The summed E-state index contributed by atoms with van der Waals surface area (Å²) in [6.45, 7) is 3.13. The molecule has 5 heteroatoms. The maximum absolute atomic E-state index is 6.29. The molecule has 1 N–H and O–H groups in total. The van der Waals surface area contributed by atoms with Crippen molar-refractivity contribution in [1.82, 2.24) is 5.32 Å². The first kappa shape index (κ1) is 16.6. The van der Waals surface area contributed by atoms with Crippen LogP contribution < -0.4 is 10.1 Å². The Hall–Kier alpha value is -0.740. The average Bonchev–Trinajstić information content (AvgIpc) is 2.94. The van der Waals surface area contributed by atoms with Crippen molar-refractivity contribution in [2.45, 2.75) is 25.8 Å². The summed E-state index contributed by atoms with van der Waals surface area (Å²) in [5.41, 5.74) is 1.10. The highest BCUT2D eigenvalue weighted by atomic mass is 35.5. The maximum atomic E-state index is 6.29.